The van der Waals surface area contributed by atoms with Crippen LogP contribution in [0.3, 0.4) is 0 Å². The molecule has 1 atom stereocenters. The Labute approximate surface area is 191 Å². The van der Waals surface area contributed by atoms with Crippen LogP contribution in [0.5, 0.6) is 0 Å². The van der Waals surface area contributed by atoms with Gasteiger partial charge in [-0.25, -0.2) is 9.78 Å². The molecular formula is C23H26N4O2S2. The molecule has 2 amide bonds. The minimum absolute atomic E-state index is 0.0104. The molecule has 3 aromatic rings. The fourth-order valence-electron chi connectivity index (χ4n) is 3.36. The zero-order valence-electron chi connectivity index (χ0n) is 17.4. The Hall–Kier alpha value is -2.39. The van der Waals surface area contributed by atoms with Gasteiger partial charge in [-0.1, -0.05) is 42.1 Å². The van der Waals surface area contributed by atoms with Crippen LogP contribution in [0.25, 0.3) is 0 Å². The molecule has 0 aliphatic carbocycles. The van der Waals surface area contributed by atoms with Crippen LogP contribution >= 0.6 is 23.1 Å². The topological polar surface area (TPSA) is 66.5 Å². The van der Waals surface area contributed by atoms with Crippen LogP contribution in [-0.2, 0) is 11.3 Å². The average Bonchev–Trinajstić information content (AvgIpc) is 3.19. The van der Waals surface area contributed by atoms with Crippen LogP contribution in [0.1, 0.15) is 11.3 Å². The molecule has 0 radical (unpaired) electrons. The van der Waals surface area contributed by atoms with E-state index in [1.165, 1.54) is 5.56 Å². The van der Waals surface area contributed by atoms with Crippen molar-refractivity contribution in [3.63, 3.8) is 0 Å². The predicted molar refractivity (Wildman–Crippen MR) is 126 cm³/mol. The van der Waals surface area contributed by atoms with Gasteiger partial charge in [-0.05, 0) is 36.8 Å². The van der Waals surface area contributed by atoms with Gasteiger partial charge in [0.25, 0.3) is 0 Å². The molecule has 1 fully saturated rings. The third-order valence-corrected chi connectivity index (χ3v) is 6.94. The van der Waals surface area contributed by atoms with Gasteiger partial charge < -0.3 is 15.4 Å². The lowest BCUT2D eigenvalue weighted by Crippen LogP contribution is -2.47. The molecule has 6 nitrogen and oxygen atoms in total. The van der Waals surface area contributed by atoms with E-state index in [2.05, 4.69) is 44.8 Å². The molecule has 1 aromatic heterocycles. The van der Waals surface area contributed by atoms with Crippen molar-refractivity contribution < 1.29 is 9.53 Å². The summed E-state index contributed by atoms with van der Waals surface area (Å²) in [5.41, 5.74) is 3.08. The molecule has 2 aromatic carbocycles. The van der Waals surface area contributed by atoms with Gasteiger partial charge in [-0.2, -0.15) is 0 Å². The quantitative estimate of drug-likeness (QED) is 0.545. The molecule has 0 bridgehead atoms. The molecular weight excluding hydrogens is 428 g/mol. The first kappa shape index (κ1) is 21.8. The van der Waals surface area contributed by atoms with Gasteiger partial charge in [0.1, 0.15) is 0 Å². The van der Waals surface area contributed by atoms with E-state index in [1.54, 1.807) is 23.1 Å². The number of thiazole rings is 1. The van der Waals surface area contributed by atoms with Crippen LogP contribution in [0.15, 0.2) is 69.2 Å². The number of rotatable bonds is 7. The van der Waals surface area contributed by atoms with Crippen molar-refractivity contribution in [1.82, 2.24) is 15.2 Å². The van der Waals surface area contributed by atoms with Gasteiger partial charge in [0, 0.05) is 47.8 Å². The minimum atomic E-state index is -0.222. The monoisotopic (exact) mass is 454 g/mol. The first-order valence-electron chi connectivity index (χ1n) is 10.3. The van der Waals surface area contributed by atoms with E-state index >= 15 is 0 Å². The Kier molecular flexibility index (Phi) is 7.58. The lowest BCUT2D eigenvalue weighted by Gasteiger charge is -2.33. The Morgan fingerprint density at radius 1 is 1.23 bits per heavy atom. The SMILES string of the molecule is Cc1csc(Sc2ccc(NC(=O)NCC3CN(Cc4ccccc4)CCO3)cc2)n1. The maximum atomic E-state index is 12.3. The summed E-state index contributed by atoms with van der Waals surface area (Å²) in [7, 11) is 0. The zero-order chi connectivity index (χ0) is 21.5. The van der Waals surface area contributed by atoms with E-state index in [9.17, 15) is 4.79 Å². The molecule has 4 rings (SSSR count). The molecule has 162 valence electrons. The number of aryl methyl sites for hydroxylation is 1. The molecule has 1 saturated heterocycles. The van der Waals surface area contributed by atoms with E-state index in [-0.39, 0.29) is 12.1 Å². The van der Waals surface area contributed by atoms with Crippen molar-refractivity contribution in [2.75, 3.05) is 31.6 Å². The normalized spacial score (nSPS) is 16.7. The zero-order valence-corrected chi connectivity index (χ0v) is 19.0. The van der Waals surface area contributed by atoms with Gasteiger partial charge in [-0.15, -0.1) is 11.3 Å². The number of hydrogen-bond acceptors (Lipinski definition) is 6. The Bertz CT molecular complexity index is 979. The van der Waals surface area contributed by atoms with Crippen LogP contribution in [0, 0.1) is 6.92 Å². The smallest absolute Gasteiger partial charge is 0.319 e. The minimum Gasteiger partial charge on any atom is -0.374 e. The molecule has 1 aliphatic heterocycles. The third-order valence-electron chi connectivity index (χ3n) is 4.88. The number of benzene rings is 2. The third kappa shape index (κ3) is 6.80. The summed E-state index contributed by atoms with van der Waals surface area (Å²) in [6.45, 7) is 5.76. The van der Waals surface area contributed by atoms with Gasteiger partial charge >= 0.3 is 6.03 Å². The van der Waals surface area contributed by atoms with Crippen molar-refractivity contribution in [3.05, 3.63) is 71.2 Å². The summed E-state index contributed by atoms with van der Waals surface area (Å²) < 4.78 is 6.85. The van der Waals surface area contributed by atoms with Crippen molar-refractivity contribution >= 4 is 34.8 Å². The Balaban J connectivity index is 1.20. The van der Waals surface area contributed by atoms with Crippen molar-refractivity contribution in [2.45, 2.75) is 28.8 Å². The molecule has 2 heterocycles. The molecule has 0 spiro atoms. The highest BCUT2D eigenvalue weighted by atomic mass is 32.2. The highest BCUT2D eigenvalue weighted by Gasteiger charge is 2.21. The molecule has 8 heteroatoms. The molecule has 0 saturated carbocycles. The van der Waals surface area contributed by atoms with Crippen LogP contribution in [0.4, 0.5) is 10.5 Å². The lowest BCUT2D eigenvalue weighted by atomic mass is 10.2. The van der Waals surface area contributed by atoms with Crippen molar-refractivity contribution in [2.24, 2.45) is 0 Å². The number of carbonyl (C=O) groups is 1. The second-order valence-corrected chi connectivity index (χ2v) is 9.61. The standard InChI is InChI=1S/C23H26N4O2S2/c1-17-16-30-23(25-17)31-21-9-7-19(8-10-21)26-22(28)24-13-20-15-27(11-12-29-20)14-18-5-3-2-4-6-18/h2-10,16,20H,11-15H2,1H3,(H2,24,26,28). The number of morpholine rings is 1. The van der Waals surface area contributed by atoms with Crippen LogP contribution in [-0.4, -0.2) is 48.3 Å². The van der Waals surface area contributed by atoms with E-state index < -0.39 is 0 Å². The number of amides is 2. The molecule has 1 aliphatic rings. The number of anilines is 1. The number of nitrogens with one attached hydrogen (secondary N) is 2. The van der Waals surface area contributed by atoms with Crippen molar-refractivity contribution in [1.29, 1.82) is 0 Å². The summed E-state index contributed by atoms with van der Waals surface area (Å²) in [4.78, 5) is 20.2. The van der Waals surface area contributed by atoms with E-state index in [4.69, 9.17) is 4.74 Å². The van der Waals surface area contributed by atoms with E-state index in [0.29, 0.717) is 13.2 Å². The summed E-state index contributed by atoms with van der Waals surface area (Å²) in [6.07, 6.45) is -0.0104. The second kappa shape index (κ2) is 10.8. The Morgan fingerprint density at radius 2 is 2.03 bits per heavy atom. The highest BCUT2D eigenvalue weighted by Crippen LogP contribution is 2.30. The lowest BCUT2D eigenvalue weighted by molar-refractivity contribution is -0.0285. The number of ether oxygens (including phenoxy) is 1. The fraction of sp³-hybridized carbons (Fsp3) is 0.304. The van der Waals surface area contributed by atoms with Crippen LogP contribution in [0.2, 0.25) is 0 Å². The van der Waals surface area contributed by atoms with Crippen LogP contribution < -0.4 is 10.6 Å². The molecule has 1 unspecified atom stereocenters. The first-order valence-corrected chi connectivity index (χ1v) is 12.0. The summed E-state index contributed by atoms with van der Waals surface area (Å²) in [5.74, 6) is 0. The number of hydrogen-bond donors (Lipinski definition) is 2. The van der Waals surface area contributed by atoms with E-state index in [1.807, 2.05) is 42.6 Å². The molecule has 2 N–H and O–H groups in total. The predicted octanol–water partition coefficient (Wildman–Crippen LogP) is 4.63. The van der Waals surface area contributed by atoms with Gasteiger partial charge in [0.05, 0.1) is 12.7 Å². The number of carbonyl (C=O) groups excluding carboxylic acids is 1. The van der Waals surface area contributed by atoms with Gasteiger partial charge in [-0.3, -0.25) is 4.90 Å². The van der Waals surface area contributed by atoms with Gasteiger partial charge in [0.15, 0.2) is 4.34 Å². The second-order valence-electron chi connectivity index (χ2n) is 7.43. The highest BCUT2D eigenvalue weighted by molar-refractivity contribution is 8.01. The Morgan fingerprint density at radius 3 is 2.77 bits per heavy atom. The maximum Gasteiger partial charge on any atom is 0.319 e. The summed E-state index contributed by atoms with van der Waals surface area (Å²) in [5, 5.41) is 7.85. The number of nitrogens with zero attached hydrogens (tertiary/aromatic N) is 2. The number of aromatic nitrogens is 1. The van der Waals surface area contributed by atoms with Crippen molar-refractivity contribution in [3.8, 4) is 0 Å². The molecule has 31 heavy (non-hydrogen) atoms. The fourth-order valence-corrected chi connectivity index (χ4v) is 5.17. The maximum absolute atomic E-state index is 12.3. The average molecular weight is 455 g/mol. The summed E-state index contributed by atoms with van der Waals surface area (Å²) >= 11 is 3.26. The summed E-state index contributed by atoms with van der Waals surface area (Å²) in [6, 6.07) is 18.0. The largest absolute Gasteiger partial charge is 0.374 e. The van der Waals surface area contributed by atoms with Gasteiger partial charge in [0.2, 0.25) is 0 Å². The first-order chi connectivity index (χ1) is 15.1. The number of urea groups is 1. The van der Waals surface area contributed by atoms with E-state index in [0.717, 1.165) is 40.3 Å².